The third-order valence-corrected chi connectivity index (χ3v) is 4.41. The van der Waals surface area contributed by atoms with Gasteiger partial charge in [0.05, 0.1) is 0 Å². The average Bonchev–Trinajstić information content (AvgIpc) is 2.43. The quantitative estimate of drug-likeness (QED) is 0.272. The molecule has 0 saturated heterocycles. The largest absolute Gasteiger partial charge is 0.0654 e. The third kappa shape index (κ3) is 14.2. The monoisotopic (exact) mass is 267 g/mol. The highest BCUT2D eigenvalue weighted by Gasteiger charge is 2.05. The third-order valence-electron chi connectivity index (χ3n) is 4.41. The van der Waals surface area contributed by atoms with E-state index in [0.717, 1.165) is 12.3 Å². The molecule has 0 nitrogen and oxygen atoms in total. The standard InChI is InChI=1S/C19H39/c1-4-7-9-10-11-12-13-14-16-18-19(6-3)17-15-8-5-2/h19H,1,4-18H2,2-3H3. The van der Waals surface area contributed by atoms with Crippen molar-refractivity contribution in [3.05, 3.63) is 6.92 Å². The lowest BCUT2D eigenvalue weighted by atomic mass is 9.92. The number of unbranched alkanes of at least 4 members (excludes halogenated alkanes) is 10. The van der Waals surface area contributed by atoms with Crippen LogP contribution in [0, 0.1) is 12.8 Å². The molecule has 0 heteroatoms. The Labute approximate surface area is 123 Å². The van der Waals surface area contributed by atoms with Crippen molar-refractivity contribution in [2.75, 3.05) is 0 Å². The van der Waals surface area contributed by atoms with Gasteiger partial charge in [-0.25, -0.2) is 0 Å². The van der Waals surface area contributed by atoms with Gasteiger partial charge in [0.2, 0.25) is 0 Å². The molecule has 0 rings (SSSR count). The van der Waals surface area contributed by atoms with E-state index in [1.165, 1.54) is 89.9 Å². The van der Waals surface area contributed by atoms with Gasteiger partial charge >= 0.3 is 0 Å². The second kappa shape index (κ2) is 16.1. The predicted octanol–water partition coefficient (Wildman–Crippen LogP) is 7.33. The van der Waals surface area contributed by atoms with Gasteiger partial charge < -0.3 is 0 Å². The summed E-state index contributed by atoms with van der Waals surface area (Å²) >= 11 is 0. The molecule has 0 aliphatic rings. The molecule has 0 N–H and O–H groups in total. The van der Waals surface area contributed by atoms with Crippen LogP contribution in [0.3, 0.4) is 0 Å². The van der Waals surface area contributed by atoms with Gasteiger partial charge in [-0.15, -0.1) is 0 Å². The normalized spacial score (nSPS) is 12.8. The zero-order valence-corrected chi connectivity index (χ0v) is 13.9. The van der Waals surface area contributed by atoms with Gasteiger partial charge in [0.1, 0.15) is 0 Å². The molecule has 0 bridgehead atoms. The second-order valence-electron chi connectivity index (χ2n) is 6.24. The van der Waals surface area contributed by atoms with Crippen molar-refractivity contribution < 1.29 is 0 Å². The Kier molecular flexibility index (Phi) is 16.1. The van der Waals surface area contributed by atoms with Crippen molar-refractivity contribution in [3.63, 3.8) is 0 Å². The van der Waals surface area contributed by atoms with Gasteiger partial charge in [0.15, 0.2) is 0 Å². The first kappa shape index (κ1) is 19.0. The minimum Gasteiger partial charge on any atom is -0.0654 e. The predicted molar refractivity (Wildman–Crippen MR) is 89.5 cm³/mol. The van der Waals surface area contributed by atoms with Crippen LogP contribution < -0.4 is 0 Å². The fourth-order valence-electron chi connectivity index (χ4n) is 2.91. The van der Waals surface area contributed by atoms with E-state index in [9.17, 15) is 0 Å². The second-order valence-corrected chi connectivity index (χ2v) is 6.24. The summed E-state index contributed by atoms with van der Waals surface area (Å²) in [5.41, 5.74) is 0. The van der Waals surface area contributed by atoms with E-state index in [2.05, 4.69) is 20.8 Å². The minimum absolute atomic E-state index is 1.02. The molecule has 0 fully saturated rings. The van der Waals surface area contributed by atoms with E-state index in [4.69, 9.17) is 0 Å². The first-order chi connectivity index (χ1) is 9.35. The van der Waals surface area contributed by atoms with Crippen molar-refractivity contribution in [3.8, 4) is 0 Å². The van der Waals surface area contributed by atoms with Crippen molar-refractivity contribution in [1.82, 2.24) is 0 Å². The number of hydrogen-bond acceptors (Lipinski definition) is 0. The summed E-state index contributed by atoms with van der Waals surface area (Å²) in [4.78, 5) is 0. The van der Waals surface area contributed by atoms with Crippen LogP contribution in [0.25, 0.3) is 0 Å². The molecule has 115 valence electrons. The minimum atomic E-state index is 1.02. The molecule has 1 radical (unpaired) electrons. The van der Waals surface area contributed by atoms with Crippen LogP contribution >= 0.6 is 0 Å². The van der Waals surface area contributed by atoms with Gasteiger partial charge in [-0.3, -0.25) is 0 Å². The van der Waals surface area contributed by atoms with Crippen molar-refractivity contribution in [2.24, 2.45) is 5.92 Å². The van der Waals surface area contributed by atoms with E-state index in [1.807, 2.05) is 0 Å². The van der Waals surface area contributed by atoms with Gasteiger partial charge in [-0.2, -0.15) is 0 Å². The van der Waals surface area contributed by atoms with Gasteiger partial charge in [0, 0.05) is 0 Å². The first-order valence-electron chi connectivity index (χ1n) is 9.14. The lowest BCUT2D eigenvalue weighted by Crippen LogP contribution is -1.99. The van der Waals surface area contributed by atoms with Gasteiger partial charge in [-0.05, 0) is 5.92 Å². The molecular formula is C19H39. The zero-order valence-electron chi connectivity index (χ0n) is 13.9. The average molecular weight is 268 g/mol. The van der Waals surface area contributed by atoms with Crippen LogP contribution in [0.5, 0.6) is 0 Å². The van der Waals surface area contributed by atoms with Crippen LogP contribution in [0.15, 0.2) is 0 Å². The summed E-state index contributed by atoms with van der Waals surface area (Å²) in [6.45, 7) is 8.57. The highest BCUT2D eigenvalue weighted by atomic mass is 14.1. The maximum absolute atomic E-state index is 3.90. The lowest BCUT2D eigenvalue weighted by Gasteiger charge is -2.14. The molecule has 0 amide bonds. The van der Waals surface area contributed by atoms with E-state index >= 15 is 0 Å². The van der Waals surface area contributed by atoms with Gasteiger partial charge in [0.25, 0.3) is 0 Å². The van der Waals surface area contributed by atoms with Crippen LogP contribution in [0.1, 0.15) is 110 Å². The topological polar surface area (TPSA) is 0 Å². The number of rotatable bonds is 15. The fraction of sp³-hybridized carbons (Fsp3) is 0.947. The molecule has 1 atom stereocenters. The Morgan fingerprint density at radius 2 is 1.11 bits per heavy atom. The molecule has 0 aromatic rings. The van der Waals surface area contributed by atoms with E-state index in [-0.39, 0.29) is 0 Å². The summed E-state index contributed by atoms with van der Waals surface area (Å²) in [6.07, 6.45) is 21.2. The molecule has 0 aliphatic carbocycles. The van der Waals surface area contributed by atoms with Crippen molar-refractivity contribution >= 4 is 0 Å². The SMILES string of the molecule is [CH2]CCCCCCCCCCC(CC)CCCCC. The van der Waals surface area contributed by atoms with E-state index < -0.39 is 0 Å². The van der Waals surface area contributed by atoms with Crippen LogP contribution in [0.4, 0.5) is 0 Å². The molecule has 0 aliphatic heterocycles. The highest BCUT2D eigenvalue weighted by Crippen LogP contribution is 2.21. The molecule has 0 spiro atoms. The summed E-state index contributed by atoms with van der Waals surface area (Å²) in [7, 11) is 0. The molecule has 19 heavy (non-hydrogen) atoms. The maximum atomic E-state index is 3.90. The Morgan fingerprint density at radius 1 is 0.632 bits per heavy atom. The fourth-order valence-corrected chi connectivity index (χ4v) is 2.91. The summed E-state index contributed by atoms with van der Waals surface area (Å²) < 4.78 is 0. The molecule has 0 aromatic carbocycles. The Balaban J connectivity index is 3.21. The molecule has 0 heterocycles. The van der Waals surface area contributed by atoms with Crippen LogP contribution in [0.2, 0.25) is 0 Å². The van der Waals surface area contributed by atoms with Crippen LogP contribution in [-0.4, -0.2) is 0 Å². The number of hydrogen-bond donors (Lipinski definition) is 0. The molecule has 1 unspecified atom stereocenters. The summed E-state index contributed by atoms with van der Waals surface area (Å²) in [6, 6.07) is 0. The summed E-state index contributed by atoms with van der Waals surface area (Å²) in [5, 5.41) is 0. The lowest BCUT2D eigenvalue weighted by molar-refractivity contribution is 0.395. The van der Waals surface area contributed by atoms with Gasteiger partial charge in [-0.1, -0.05) is 117 Å². The van der Waals surface area contributed by atoms with Crippen LogP contribution in [-0.2, 0) is 0 Å². The Morgan fingerprint density at radius 3 is 1.58 bits per heavy atom. The zero-order chi connectivity index (χ0) is 14.2. The molecule has 0 aromatic heterocycles. The Hall–Kier alpha value is 0. The molecular weight excluding hydrogens is 228 g/mol. The Bertz CT molecular complexity index is 150. The van der Waals surface area contributed by atoms with E-state index in [0.29, 0.717) is 0 Å². The van der Waals surface area contributed by atoms with Crippen molar-refractivity contribution in [1.29, 1.82) is 0 Å². The van der Waals surface area contributed by atoms with E-state index in [1.54, 1.807) is 0 Å². The molecule has 0 saturated carbocycles. The smallest absolute Gasteiger partial charge is 0.0417 e. The first-order valence-corrected chi connectivity index (χ1v) is 9.14. The summed E-state index contributed by atoms with van der Waals surface area (Å²) in [5.74, 6) is 1.02. The maximum Gasteiger partial charge on any atom is -0.0417 e. The highest BCUT2D eigenvalue weighted by molar-refractivity contribution is 4.58. The van der Waals surface area contributed by atoms with Crippen molar-refractivity contribution in [2.45, 2.75) is 110 Å².